The van der Waals surface area contributed by atoms with Crippen molar-refractivity contribution in [2.24, 2.45) is 0 Å². The zero-order chi connectivity index (χ0) is 12.4. The molecule has 0 bridgehead atoms. The number of benzene rings is 1. The van der Waals surface area contributed by atoms with Gasteiger partial charge in [-0.25, -0.2) is 4.98 Å². The van der Waals surface area contributed by atoms with Crippen LogP contribution in [0.15, 0.2) is 24.3 Å². The van der Waals surface area contributed by atoms with Crippen LogP contribution in [-0.2, 0) is 0 Å². The molecule has 0 aliphatic carbocycles. The summed E-state index contributed by atoms with van der Waals surface area (Å²) in [6.45, 7) is 0. The first-order valence-corrected chi connectivity index (χ1v) is 5.77. The Morgan fingerprint density at radius 3 is 2.47 bits per heavy atom. The van der Waals surface area contributed by atoms with E-state index in [1.807, 2.05) is 0 Å². The fourth-order valence-electron chi connectivity index (χ4n) is 1.29. The number of hydrogen-bond acceptors (Lipinski definition) is 3. The van der Waals surface area contributed by atoms with Crippen LogP contribution in [0.3, 0.4) is 0 Å². The summed E-state index contributed by atoms with van der Waals surface area (Å²) < 4.78 is 5.02. The van der Waals surface area contributed by atoms with E-state index in [2.05, 4.69) is 9.97 Å². The largest absolute Gasteiger partial charge is 0.481 e. The van der Waals surface area contributed by atoms with Crippen LogP contribution in [0.1, 0.15) is 0 Å². The van der Waals surface area contributed by atoms with Crippen LogP contribution < -0.4 is 4.74 Å². The zero-order valence-electron chi connectivity index (χ0n) is 8.75. The minimum atomic E-state index is 0.290. The lowest BCUT2D eigenvalue weighted by Crippen LogP contribution is -1.94. The summed E-state index contributed by atoms with van der Waals surface area (Å²) in [5.74, 6) is 0.780. The first kappa shape index (κ1) is 12.4. The summed E-state index contributed by atoms with van der Waals surface area (Å²) in [5.41, 5.74) is 0.650. The van der Waals surface area contributed by atoms with Crippen LogP contribution in [0.25, 0.3) is 11.4 Å². The topological polar surface area (TPSA) is 35.0 Å². The third kappa shape index (κ3) is 2.80. The van der Waals surface area contributed by atoms with E-state index in [4.69, 9.17) is 39.5 Å². The van der Waals surface area contributed by atoms with E-state index in [0.717, 1.165) is 0 Å². The molecule has 0 fully saturated rings. The highest BCUT2D eigenvalue weighted by Crippen LogP contribution is 2.29. The van der Waals surface area contributed by atoms with Crippen LogP contribution in [0.4, 0.5) is 0 Å². The van der Waals surface area contributed by atoms with Crippen LogP contribution in [-0.4, -0.2) is 17.1 Å². The van der Waals surface area contributed by atoms with Gasteiger partial charge in [-0.3, -0.25) is 0 Å². The van der Waals surface area contributed by atoms with Crippen molar-refractivity contribution < 1.29 is 4.74 Å². The summed E-state index contributed by atoms with van der Waals surface area (Å²) in [6.07, 6.45) is 0. The van der Waals surface area contributed by atoms with Gasteiger partial charge in [0.05, 0.1) is 12.1 Å². The molecule has 88 valence electrons. The van der Waals surface area contributed by atoms with Gasteiger partial charge in [-0.05, 0) is 18.2 Å². The van der Waals surface area contributed by atoms with Gasteiger partial charge in [-0.1, -0.05) is 34.8 Å². The highest BCUT2D eigenvalue weighted by atomic mass is 35.5. The molecule has 3 nitrogen and oxygen atoms in total. The third-order valence-electron chi connectivity index (χ3n) is 2.05. The molecule has 2 aromatic rings. The van der Waals surface area contributed by atoms with Gasteiger partial charge in [-0.2, -0.15) is 4.98 Å². The van der Waals surface area contributed by atoms with Crippen molar-refractivity contribution in [1.29, 1.82) is 0 Å². The predicted octanol–water partition coefficient (Wildman–Crippen LogP) is 4.11. The second-order valence-electron chi connectivity index (χ2n) is 3.18. The lowest BCUT2D eigenvalue weighted by atomic mass is 10.2. The monoisotopic (exact) mass is 288 g/mol. The number of hydrogen-bond donors (Lipinski definition) is 0. The van der Waals surface area contributed by atoms with Gasteiger partial charge in [0.2, 0.25) is 5.88 Å². The maximum atomic E-state index is 6.06. The Morgan fingerprint density at radius 1 is 1.06 bits per heavy atom. The molecule has 0 amide bonds. The van der Waals surface area contributed by atoms with E-state index >= 15 is 0 Å². The SMILES string of the molecule is COc1cc(Cl)nc(-c2ccc(Cl)cc2Cl)n1. The zero-order valence-corrected chi connectivity index (χ0v) is 11.0. The summed E-state index contributed by atoms with van der Waals surface area (Å²) in [7, 11) is 1.51. The van der Waals surface area contributed by atoms with Gasteiger partial charge in [0.15, 0.2) is 5.82 Å². The number of nitrogens with zero attached hydrogens (tertiary/aromatic N) is 2. The van der Waals surface area contributed by atoms with Gasteiger partial charge >= 0.3 is 0 Å². The number of methoxy groups -OCH3 is 1. The van der Waals surface area contributed by atoms with Crippen molar-refractivity contribution >= 4 is 34.8 Å². The van der Waals surface area contributed by atoms with Crippen LogP contribution in [0, 0.1) is 0 Å². The van der Waals surface area contributed by atoms with Crippen molar-refractivity contribution in [2.75, 3.05) is 7.11 Å². The van der Waals surface area contributed by atoms with Crippen LogP contribution in [0.2, 0.25) is 15.2 Å². The molecule has 0 saturated carbocycles. The highest BCUT2D eigenvalue weighted by molar-refractivity contribution is 6.36. The number of rotatable bonds is 2. The van der Waals surface area contributed by atoms with Crippen molar-refractivity contribution in [1.82, 2.24) is 9.97 Å². The Kier molecular flexibility index (Phi) is 3.72. The van der Waals surface area contributed by atoms with Gasteiger partial charge in [0.25, 0.3) is 0 Å². The Hall–Kier alpha value is -1.03. The van der Waals surface area contributed by atoms with Crippen LogP contribution in [0.5, 0.6) is 5.88 Å². The second-order valence-corrected chi connectivity index (χ2v) is 4.41. The molecule has 1 heterocycles. The van der Waals surface area contributed by atoms with E-state index in [1.54, 1.807) is 18.2 Å². The first-order chi connectivity index (χ1) is 8.10. The summed E-state index contributed by atoms with van der Waals surface area (Å²) in [6, 6.07) is 6.58. The molecular formula is C11H7Cl3N2O. The molecule has 2 rings (SSSR count). The normalized spacial score (nSPS) is 10.4. The lowest BCUT2D eigenvalue weighted by Gasteiger charge is -2.06. The molecule has 0 saturated heterocycles. The lowest BCUT2D eigenvalue weighted by molar-refractivity contribution is 0.397. The molecule has 0 aliphatic heterocycles. The first-order valence-electron chi connectivity index (χ1n) is 4.64. The molecule has 0 atom stereocenters. The summed E-state index contributed by atoms with van der Waals surface area (Å²) in [4.78, 5) is 8.26. The molecule has 0 unspecified atom stereocenters. The Morgan fingerprint density at radius 2 is 1.82 bits per heavy atom. The highest BCUT2D eigenvalue weighted by Gasteiger charge is 2.10. The quantitative estimate of drug-likeness (QED) is 0.780. The molecule has 0 spiro atoms. The molecule has 17 heavy (non-hydrogen) atoms. The number of halogens is 3. The van der Waals surface area contributed by atoms with E-state index in [9.17, 15) is 0 Å². The molecule has 0 N–H and O–H groups in total. The Labute approximate surface area is 113 Å². The Balaban J connectivity index is 2.55. The minimum absolute atomic E-state index is 0.290. The minimum Gasteiger partial charge on any atom is -0.481 e. The standard InChI is InChI=1S/C11H7Cl3N2O/c1-17-10-5-9(14)15-11(16-10)7-3-2-6(12)4-8(7)13/h2-5H,1H3. The maximum absolute atomic E-state index is 6.06. The number of ether oxygens (including phenoxy) is 1. The smallest absolute Gasteiger partial charge is 0.218 e. The van der Waals surface area contributed by atoms with E-state index in [-0.39, 0.29) is 5.15 Å². The van der Waals surface area contributed by atoms with Gasteiger partial charge in [0.1, 0.15) is 5.15 Å². The van der Waals surface area contributed by atoms with Gasteiger partial charge in [-0.15, -0.1) is 0 Å². The summed E-state index contributed by atoms with van der Waals surface area (Å²) >= 11 is 17.7. The molecule has 1 aromatic heterocycles. The van der Waals surface area contributed by atoms with Crippen molar-refractivity contribution in [3.05, 3.63) is 39.5 Å². The van der Waals surface area contributed by atoms with E-state index < -0.39 is 0 Å². The molecule has 0 aliphatic rings. The molecule has 0 radical (unpaired) electrons. The maximum Gasteiger partial charge on any atom is 0.218 e. The van der Waals surface area contributed by atoms with E-state index in [1.165, 1.54) is 13.2 Å². The van der Waals surface area contributed by atoms with Crippen molar-refractivity contribution in [2.45, 2.75) is 0 Å². The predicted molar refractivity (Wildman–Crippen MR) is 69.1 cm³/mol. The average Bonchev–Trinajstić information content (AvgIpc) is 2.28. The van der Waals surface area contributed by atoms with Gasteiger partial charge < -0.3 is 4.74 Å². The summed E-state index contributed by atoms with van der Waals surface area (Å²) in [5, 5.41) is 1.30. The second kappa shape index (κ2) is 5.08. The molecular weight excluding hydrogens is 282 g/mol. The molecule has 6 heteroatoms. The van der Waals surface area contributed by atoms with Crippen molar-refractivity contribution in [3.8, 4) is 17.3 Å². The van der Waals surface area contributed by atoms with Crippen LogP contribution >= 0.6 is 34.8 Å². The Bertz CT molecular complexity index is 560. The van der Waals surface area contributed by atoms with Crippen molar-refractivity contribution in [3.63, 3.8) is 0 Å². The fourth-order valence-corrected chi connectivity index (χ4v) is 1.96. The fraction of sp³-hybridized carbons (Fsp3) is 0.0909. The van der Waals surface area contributed by atoms with E-state index in [0.29, 0.717) is 27.3 Å². The number of aromatic nitrogens is 2. The third-order valence-corrected chi connectivity index (χ3v) is 2.79. The molecule has 1 aromatic carbocycles. The van der Waals surface area contributed by atoms with Gasteiger partial charge in [0, 0.05) is 16.7 Å². The average molecular weight is 290 g/mol.